The van der Waals surface area contributed by atoms with Crippen LogP contribution in [0.3, 0.4) is 0 Å². The second-order valence-electron chi connectivity index (χ2n) is 6.53. The number of aromatic nitrogens is 1. The van der Waals surface area contributed by atoms with Gasteiger partial charge in [0.25, 0.3) is 0 Å². The molecule has 1 amide bonds. The summed E-state index contributed by atoms with van der Waals surface area (Å²) >= 11 is 1.37. The fourth-order valence-electron chi connectivity index (χ4n) is 3.01. The summed E-state index contributed by atoms with van der Waals surface area (Å²) in [6, 6.07) is 9.88. The molecule has 1 unspecified atom stereocenters. The number of sulfone groups is 1. The molecule has 1 aliphatic rings. The number of hydrogen-bond acceptors (Lipinski definition) is 5. The van der Waals surface area contributed by atoms with Crippen molar-refractivity contribution in [2.45, 2.75) is 30.8 Å². The molecule has 0 bridgehead atoms. The lowest BCUT2D eigenvalue weighted by molar-refractivity contribution is -0.120. The van der Waals surface area contributed by atoms with Crippen molar-refractivity contribution in [1.82, 2.24) is 10.3 Å². The van der Waals surface area contributed by atoms with Crippen LogP contribution in [-0.2, 0) is 14.6 Å². The average molecular weight is 364 g/mol. The minimum Gasteiger partial charge on any atom is -0.349 e. The molecule has 24 heavy (non-hydrogen) atoms. The van der Waals surface area contributed by atoms with E-state index in [0.717, 1.165) is 21.5 Å². The van der Waals surface area contributed by atoms with Crippen molar-refractivity contribution < 1.29 is 13.2 Å². The van der Waals surface area contributed by atoms with Crippen molar-refractivity contribution in [2.24, 2.45) is 0 Å². The number of rotatable bonds is 4. The molecule has 0 aliphatic carbocycles. The monoisotopic (exact) mass is 364 g/mol. The Bertz CT molecular complexity index is 896. The molecule has 1 aliphatic heterocycles. The van der Waals surface area contributed by atoms with Gasteiger partial charge in [0.15, 0.2) is 9.84 Å². The summed E-state index contributed by atoms with van der Waals surface area (Å²) in [5.41, 5.74) is 1.38. The number of fused-ring (bicyclic) bond motifs is 1. The van der Waals surface area contributed by atoms with Gasteiger partial charge in [0.05, 0.1) is 33.3 Å². The van der Waals surface area contributed by atoms with Crippen LogP contribution in [0.25, 0.3) is 10.9 Å². The Morgan fingerprint density at radius 3 is 2.83 bits per heavy atom. The molecule has 2 aromatic rings. The summed E-state index contributed by atoms with van der Waals surface area (Å²) in [7, 11) is -3.03. The molecule has 5 nitrogen and oxygen atoms in total. The lowest BCUT2D eigenvalue weighted by Crippen LogP contribution is -2.47. The number of nitrogens with zero attached hydrogens (tertiary/aromatic N) is 1. The first-order valence-electron chi connectivity index (χ1n) is 7.77. The molecule has 128 valence electrons. The van der Waals surface area contributed by atoms with E-state index in [0.29, 0.717) is 6.42 Å². The van der Waals surface area contributed by atoms with Crippen molar-refractivity contribution in [3.05, 3.63) is 35.9 Å². The first kappa shape index (κ1) is 17.2. The number of thioether (sulfide) groups is 1. The molecule has 1 N–H and O–H groups in total. The van der Waals surface area contributed by atoms with Crippen LogP contribution in [0.1, 0.15) is 18.9 Å². The number of aryl methyl sites for hydroxylation is 1. The average Bonchev–Trinajstić information content (AvgIpc) is 2.78. The summed E-state index contributed by atoms with van der Waals surface area (Å²) in [6.07, 6.45) is 0.471. The Balaban J connectivity index is 1.65. The predicted molar refractivity (Wildman–Crippen MR) is 97.0 cm³/mol. The van der Waals surface area contributed by atoms with Crippen molar-refractivity contribution in [2.75, 3.05) is 17.3 Å². The molecule has 2 heterocycles. The molecule has 1 saturated heterocycles. The molecule has 0 saturated carbocycles. The zero-order chi connectivity index (χ0) is 17.4. The van der Waals surface area contributed by atoms with E-state index >= 15 is 0 Å². The smallest absolute Gasteiger partial charge is 0.230 e. The lowest BCUT2D eigenvalue weighted by atomic mass is 10.0. The van der Waals surface area contributed by atoms with Gasteiger partial charge in [-0.05, 0) is 38.0 Å². The molecular formula is C17H20N2O3S2. The third kappa shape index (κ3) is 3.89. The minimum absolute atomic E-state index is 0.0176. The Kier molecular flexibility index (Phi) is 4.57. The van der Waals surface area contributed by atoms with E-state index in [-0.39, 0.29) is 23.2 Å². The van der Waals surface area contributed by atoms with Crippen molar-refractivity contribution in [1.29, 1.82) is 0 Å². The first-order chi connectivity index (χ1) is 11.3. The quantitative estimate of drug-likeness (QED) is 0.843. The molecule has 1 fully saturated rings. The lowest BCUT2D eigenvalue weighted by Gasteiger charge is -2.23. The topological polar surface area (TPSA) is 76.1 Å². The highest BCUT2D eigenvalue weighted by atomic mass is 32.2. The highest BCUT2D eigenvalue weighted by Gasteiger charge is 2.39. The largest absolute Gasteiger partial charge is 0.349 e. The van der Waals surface area contributed by atoms with Gasteiger partial charge in [0, 0.05) is 5.39 Å². The van der Waals surface area contributed by atoms with E-state index < -0.39 is 15.4 Å². The molecule has 0 radical (unpaired) electrons. The fourth-order valence-corrected chi connectivity index (χ4v) is 5.88. The Morgan fingerprint density at radius 2 is 2.12 bits per heavy atom. The summed E-state index contributed by atoms with van der Waals surface area (Å²) in [6.45, 7) is 3.82. The van der Waals surface area contributed by atoms with Crippen LogP contribution in [-0.4, -0.2) is 42.1 Å². The maximum absolute atomic E-state index is 12.2. The summed E-state index contributed by atoms with van der Waals surface area (Å²) in [4.78, 5) is 16.7. The maximum atomic E-state index is 12.2. The molecule has 7 heteroatoms. The van der Waals surface area contributed by atoms with Crippen LogP contribution >= 0.6 is 11.8 Å². The summed E-state index contributed by atoms with van der Waals surface area (Å²) in [5.74, 6) is 0.221. The number of benzene rings is 1. The number of amides is 1. The van der Waals surface area contributed by atoms with E-state index in [1.165, 1.54) is 11.8 Å². The maximum Gasteiger partial charge on any atom is 0.230 e. The number of hydrogen-bond donors (Lipinski definition) is 1. The van der Waals surface area contributed by atoms with Gasteiger partial charge in [0.1, 0.15) is 0 Å². The second-order valence-corrected chi connectivity index (χ2v) is 9.71. The Hall–Kier alpha value is -1.60. The summed E-state index contributed by atoms with van der Waals surface area (Å²) < 4.78 is 23.2. The zero-order valence-corrected chi connectivity index (χ0v) is 15.3. The van der Waals surface area contributed by atoms with Gasteiger partial charge in [-0.15, -0.1) is 0 Å². The van der Waals surface area contributed by atoms with Gasteiger partial charge in [0.2, 0.25) is 5.91 Å². The standard InChI is InChI=1S/C17H20N2O3S2/c1-12-9-16(18-14-6-4-3-5-13(12)14)23-10-15(20)19-17(2)7-8-24(21,22)11-17/h3-6,9H,7-8,10-11H2,1-2H3,(H,19,20). The number of pyridine rings is 1. The molecule has 1 aromatic carbocycles. The van der Waals surface area contributed by atoms with E-state index in [1.54, 1.807) is 6.92 Å². The van der Waals surface area contributed by atoms with Gasteiger partial charge < -0.3 is 5.32 Å². The van der Waals surface area contributed by atoms with Gasteiger partial charge in [-0.1, -0.05) is 30.0 Å². The third-order valence-corrected chi connectivity index (χ3v) is 7.01. The number of carbonyl (C=O) groups excluding carboxylic acids is 1. The number of nitrogens with one attached hydrogen (secondary N) is 1. The van der Waals surface area contributed by atoms with E-state index in [1.807, 2.05) is 37.3 Å². The summed E-state index contributed by atoms with van der Waals surface area (Å²) in [5, 5.41) is 4.77. The second kappa shape index (κ2) is 6.37. The number of para-hydroxylation sites is 1. The van der Waals surface area contributed by atoms with E-state index in [4.69, 9.17) is 0 Å². The number of carbonyl (C=O) groups is 1. The Morgan fingerprint density at radius 1 is 1.38 bits per heavy atom. The van der Waals surface area contributed by atoms with Crippen LogP contribution < -0.4 is 5.32 Å². The SMILES string of the molecule is Cc1cc(SCC(=O)NC2(C)CCS(=O)(=O)C2)nc2ccccc12. The van der Waals surface area contributed by atoms with Crippen molar-refractivity contribution >= 4 is 38.4 Å². The molecular weight excluding hydrogens is 344 g/mol. The van der Waals surface area contributed by atoms with Crippen LogP contribution in [0, 0.1) is 6.92 Å². The molecule has 0 spiro atoms. The zero-order valence-electron chi connectivity index (χ0n) is 13.7. The van der Waals surface area contributed by atoms with Gasteiger partial charge in [-0.2, -0.15) is 0 Å². The fraction of sp³-hybridized carbons (Fsp3) is 0.412. The predicted octanol–water partition coefficient (Wildman–Crippen LogP) is 2.33. The molecule has 1 atom stereocenters. The van der Waals surface area contributed by atoms with Gasteiger partial charge in [-0.25, -0.2) is 13.4 Å². The normalized spacial score (nSPS) is 22.6. The molecule has 3 rings (SSSR count). The van der Waals surface area contributed by atoms with Gasteiger partial charge >= 0.3 is 0 Å². The van der Waals surface area contributed by atoms with Crippen LogP contribution in [0.2, 0.25) is 0 Å². The van der Waals surface area contributed by atoms with E-state index in [9.17, 15) is 13.2 Å². The first-order valence-corrected chi connectivity index (χ1v) is 10.6. The Labute approximate surface area is 146 Å². The van der Waals surface area contributed by atoms with Crippen molar-refractivity contribution in [3.63, 3.8) is 0 Å². The van der Waals surface area contributed by atoms with Crippen LogP contribution in [0.4, 0.5) is 0 Å². The van der Waals surface area contributed by atoms with Crippen LogP contribution in [0.5, 0.6) is 0 Å². The molecule has 1 aromatic heterocycles. The third-order valence-electron chi connectivity index (χ3n) is 4.20. The highest BCUT2D eigenvalue weighted by Crippen LogP contribution is 2.25. The van der Waals surface area contributed by atoms with Gasteiger partial charge in [-0.3, -0.25) is 4.79 Å². The minimum atomic E-state index is -3.03. The van der Waals surface area contributed by atoms with E-state index in [2.05, 4.69) is 10.3 Å². The van der Waals surface area contributed by atoms with Crippen LogP contribution in [0.15, 0.2) is 35.4 Å². The van der Waals surface area contributed by atoms with Crippen molar-refractivity contribution in [3.8, 4) is 0 Å². The highest BCUT2D eigenvalue weighted by molar-refractivity contribution is 7.99.